The summed E-state index contributed by atoms with van der Waals surface area (Å²) in [4.78, 5) is 8.72. The molecule has 0 bridgehead atoms. The van der Waals surface area contributed by atoms with Crippen LogP contribution in [0.15, 0.2) is 41.1 Å². The highest BCUT2D eigenvalue weighted by Gasteiger charge is 2.06. The SMILES string of the molecule is CCCNc1nccnc1-c1ccc(Br)cc1. The van der Waals surface area contributed by atoms with Crippen LogP contribution in [0.4, 0.5) is 5.82 Å². The zero-order valence-corrected chi connectivity index (χ0v) is 11.2. The molecule has 4 heteroatoms. The average molecular weight is 292 g/mol. The largest absolute Gasteiger partial charge is 0.368 e. The molecule has 0 saturated heterocycles. The molecule has 1 N–H and O–H groups in total. The highest BCUT2D eigenvalue weighted by Crippen LogP contribution is 2.24. The first-order valence-corrected chi connectivity index (χ1v) is 6.41. The topological polar surface area (TPSA) is 37.8 Å². The van der Waals surface area contributed by atoms with E-state index in [1.54, 1.807) is 12.4 Å². The normalized spacial score (nSPS) is 10.2. The summed E-state index contributed by atoms with van der Waals surface area (Å²) >= 11 is 3.43. The lowest BCUT2D eigenvalue weighted by Crippen LogP contribution is -2.04. The second-order valence-corrected chi connectivity index (χ2v) is 4.60. The van der Waals surface area contributed by atoms with Crippen molar-refractivity contribution in [3.63, 3.8) is 0 Å². The second-order valence-electron chi connectivity index (χ2n) is 3.69. The maximum atomic E-state index is 4.39. The van der Waals surface area contributed by atoms with Crippen LogP contribution in [0.25, 0.3) is 11.3 Å². The van der Waals surface area contributed by atoms with Crippen LogP contribution < -0.4 is 5.32 Å². The molecule has 0 aliphatic rings. The predicted octanol–water partition coefficient (Wildman–Crippen LogP) is 3.73. The molecule has 0 unspecified atom stereocenters. The van der Waals surface area contributed by atoms with Crippen LogP contribution in [0.1, 0.15) is 13.3 Å². The third kappa shape index (κ3) is 3.03. The molecule has 0 fully saturated rings. The van der Waals surface area contributed by atoms with Gasteiger partial charge in [-0.15, -0.1) is 0 Å². The molecule has 1 aromatic carbocycles. The summed E-state index contributed by atoms with van der Waals surface area (Å²) in [5.74, 6) is 0.844. The van der Waals surface area contributed by atoms with Crippen LogP contribution in [-0.2, 0) is 0 Å². The van der Waals surface area contributed by atoms with Crippen molar-refractivity contribution >= 4 is 21.7 Å². The number of hydrogen-bond acceptors (Lipinski definition) is 3. The Labute approximate surface area is 109 Å². The fourth-order valence-corrected chi connectivity index (χ4v) is 1.79. The van der Waals surface area contributed by atoms with E-state index in [1.165, 1.54) is 0 Å². The molecular formula is C13H14BrN3. The van der Waals surface area contributed by atoms with Crippen molar-refractivity contribution in [1.82, 2.24) is 9.97 Å². The summed E-state index contributed by atoms with van der Waals surface area (Å²) in [6.07, 6.45) is 4.49. The minimum atomic E-state index is 0.844. The van der Waals surface area contributed by atoms with Gasteiger partial charge >= 0.3 is 0 Å². The number of anilines is 1. The molecule has 88 valence electrons. The number of rotatable bonds is 4. The lowest BCUT2D eigenvalue weighted by molar-refractivity contribution is 0.966. The van der Waals surface area contributed by atoms with Crippen molar-refractivity contribution in [2.24, 2.45) is 0 Å². The van der Waals surface area contributed by atoms with E-state index in [0.717, 1.165) is 34.5 Å². The van der Waals surface area contributed by atoms with Gasteiger partial charge in [0.25, 0.3) is 0 Å². The van der Waals surface area contributed by atoms with Gasteiger partial charge in [0.1, 0.15) is 5.69 Å². The third-order valence-electron chi connectivity index (χ3n) is 2.36. The fourth-order valence-electron chi connectivity index (χ4n) is 1.53. The Balaban J connectivity index is 2.33. The van der Waals surface area contributed by atoms with E-state index >= 15 is 0 Å². The van der Waals surface area contributed by atoms with Gasteiger partial charge < -0.3 is 5.32 Å². The minimum Gasteiger partial charge on any atom is -0.368 e. The average Bonchev–Trinajstić information content (AvgIpc) is 2.38. The van der Waals surface area contributed by atoms with Gasteiger partial charge in [-0.3, -0.25) is 4.98 Å². The van der Waals surface area contributed by atoms with Gasteiger partial charge in [-0.25, -0.2) is 4.98 Å². The van der Waals surface area contributed by atoms with Gasteiger partial charge in [0, 0.05) is 29.0 Å². The maximum absolute atomic E-state index is 4.39. The zero-order valence-electron chi connectivity index (χ0n) is 9.65. The van der Waals surface area contributed by atoms with Crippen LogP contribution in [0.3, 0.4) is 0 Å². The van der Waals surface area contributed by atoms with Crippen molar-refractivity contribution in [1.29, 1.82) is 0 Å². The van der Waals surface area contributed by atoms with Gasteiger partial charge in [-0.05, 0) is 18.6 Å². The highest BCUT2D eigenvalue weighted by atomic mass is 79.9. The Morgan fingerprint density at radius 3 is 2.53 bits per heavy atom. The van der Waals surface area contributed by atoms with E-state index in [2.05, 4.69) is 38.1 Å². The Bertz CT molecular complexity index is 482. The Hall–Kier alpha value is -1.42. The first kappa shape index (κ1) is 12.0. The number of nitrogens with zero attached hydrogens (tertiary/aromatic N) is 2. The van der Waals surface area contributed by atoms with Crippen molar-refractivity contribution in [3.05, 3.63) is 41.1 Å². The number of aromatic nitrogens is 2. The summed E-state index contributed by atoms with van der Waals surface area (Å²) in [6, 6.07) is 8.08. The van der Waals surface area contributed by atoms with E-state index in [9.17, 15) is 0 Å². The summed E-state index contributed by atoms with van der Waals surface area (Å²) in [7, 11) is 0. The van der Waals surface area contributed by atoms with Gasteiger partial charge in [0.05, 0.1) is 0 Å². The first-order chi connectivity index (χ1) is 8.31. The van der Waals surface area contributed by atoms with E-state index < -0.39 is 0 Å². The van der Waals surface area contributed by atoms with E-state index in [1.807, 2.05) is 24.3 Å². The van der Waals surface area contributed by atoms with E-state index in [-0.39, 0.29) is 0 Å². The smallest absolute Gasteiger partial charge is 0.152 e. The minimum absolute atomic E-state index is 0.844. The molecule has 0 saturated carbocycles. The molecule has 1 heterocycles. The molecule has 0 aliphatic heterocycles. The Morgan fingerprint density at radius 2 is 1.82 bits per heavy atom. The Morgan fingerprint density at radius 1 is 1.12 bits per heavy atom. The van der Waals surface area contributed by atoms with Gasteiger partial charge in [-0.1, -0.05) is 35.0 Å². The lowest BCUT2D eigenvalue weighted by atomic mass is 10.1. The van der Waals surface area contributed by atoms with Crippen LogP contribution in [0, 0.1) is 0 Å². The van der Waals surface area contributed by atoms with Gasteiger partial charge in [0.15, 0.2) is 5.82 Å². The maximum Gasteiger partial charge on any atom is 0.152 e. The molecule has 1 aromatic heterocycles. The molecular weight excluding hydrogens is 278 g/mol. The number of hydrogen-bond donors (Lipinski definition) is 1. The molecule has 0 radical (unpaired) electrons. The van der Waals surface area contributed by atoms with Crippen LogP contribution in [0.5, 0.6) is 0 Å². The second kappa shape index (κ2) is 5.77. The monoisotopic (exact) mass is 291 g/mol. The van der Waals surface area contributed by atoms with E-state index in [4.69, 9.17) is 0 Å². The number of halogens is 1. The molecule has 0 spiro atoms. The summed E-state index contributed by atoms with van der Waals surface area (Å²) < 4.78 is 1.06. The van der Waals surface area contributed by atoms with Crippen LogP contribution in [0.2, 0.25) is 0 Å². The predicted molar refractivity (Wildman–Crippen MR) is 73.9 cm³/mol. The standard InChI is InChI=1S/C13H14BrN3/c1-2-7-16-13-12(15-8-9-17-13)10-3-5-11(14)6-4-10/h3-6,8-9H,2,7H2,1H3,(H,16,17). The number of benzene rings is 1. The zero-order chi connectivity index (χ0) is 12.1. The highest BCUT2D eigenvalue weighted by molar-refractivity contribution is 9.10. The van der Waals surface area contributed by atoms with Crippen molar-refractivity contribution in [2.45, 2.75) is 13.3 Å². The molecule has 3 nitrogen and oxygen atoms in total. The quantitative estimate of drug-likeness (QED) is 0.933. The fraction of sp³-hybridized carbons (Fsp3) is 0.231. The van der Waals surface area contributed by atoms with Gasteiger partial charge in [-0.2, -0.15) is 0 Å². The van der Waals surface area contributed by atoms with Gasteiger partial charge in [0.2, 0.25) is 0 Å². The van der Waals surface area contributed by atoms with Crippen LogP contribution >= 0.6 is 15.9 Å². The number of nitrogens with one attached hydrogen (secondary N) is 1. The summed E-state index contributed by atoms with van der Waals surface area (Å²) in [6.45, 7) is 3.03. The van der Waals surface area contributed by atoms with Crippen molar-refractivity contribution < 1.29 is 0 Å². The van der Waals surface area contributed by atoms with Crippen LogP contribution in [-0.4, -0.2) is 16.5 Å². The summed E-state index contributed by atoms with van der Waals surface area (Å²) in [5, 5.41) is 3.29. The Kier molecular flexibility index (Phi) is 4.09. The molecule has 0 amide bonds. The van der Waals surface area contributed by atoms with Crippen molar-refractivity contribution in [2.75, 3.05) is 11.9 Å². The molecule has 0 atom stereocenters. The lowest BCUT2D eigenvalue weighted by Gasteiger charge is -2.09. The molecule has 2 rings (SSSR count). The van der Waals surface area contributed by atoms with E-state index in [0.29, 0.717) is 0 Å². The summed E-state index contributed by atoms with van der Waals surface area (Å²) in [5.41, 5.74) is 1.97. The third-order valence-corrected chi connectivity index (χ3v) is 2.89. The molecule has 17 heavy (non-hydrogen) atoms. The first-order valence-electron chi connectivity index (χ1n) is 5.62. The molecule has 2 aromatic rings. The van der Waals surface area contributed by atoms with Crippen molar-refractivity contribution in [3.8, 4) is 11.3 Å². The molecule has 0 aliphatic carbocycles.